The highest BCUT2D eigenvalue weighted by Gasteiger charge is 2.13. The van der Waals surface area contributed by atoms with Crippen molar-refractivity contribution in [3.8, 4) is 0 Å². The Balaban J connectivity index is 2.59. The third kappa shape index (κ3) is 6.12. The van der Waals surface area contributed by atoms with Gasteiger partial charge in [-0.1, -0.05) is 33.1 Å². The van der Waals surface area contributed by atoms with E-state index >= 15 is 0 Å². The van der Waals surface area contributed by atoms with E-state index in [1.54, 1.807) is 11.4 Å². The van der Waals surface area contributed by atoms with Gasteiger partial charge in [0.25, 0.3) is 5.91 Å². The molecular formula is C16H23NO3S. The van der Waals surface area contributed by atoms with E-state index in [1.807, 2.05) is 0 Å². The van der Waals surface area contributed by atoms with Gasteiger partial charge in [0.05, 0.1) is 4.88 Å². The second-order valence-electron chi connectivity index (χ2n) is 5.00. The number of carboxylic acids is 1. The molecule has 5 heteroatoms. The molecule has 0 spiro atoms. The lowest BCUT2D eigenvalue weighted by atomic mass is 9.99. The second-order valence-corrected chi connectivity index (χ2v) is 5.92. The number of thiophene rings is 1. The first kappa shape index (κ1) is 17.4. The highest BCUT2D eigenvalue weighted by Crippen LogP contribution is 2.19. The van der Waals surface area contributed by atoms with Crippen LogP contribution >= 0.6 is 11.3 Å². The Hall–Kier alpha value is -1.62. The van der Waals surface area contributed by atoms with Crippen molar-refractivity contribution < 1.29 is 14.7 Å². The summed E-state index contributed by atoms with van der Waals surface area (Å²) in [6.07, 6.45) is 7.04. The molecule has 2 N–H and O–H groups in total. The van der Waals surface area contributed by atoms with Crippen LogP contribution in [0.15, 0.2) is 17.5 Å². The van der Waals surface area contributed by atoms with Gasteiger partial charge in [0, 0.05) is 12.6 Å². The maximum Gasteiger partial charge on any atom is 0.328 e. The Morgan fingerprint density at radius 2 is 2.19 bits per heavy atom. The van der Waals surface area contributed by atoms with Crippen LogP contribution in [0.1, 0.15) is 54.8 Å². The third-order valence-corrected chi connectivity index (χ3v) is 4.33. The zero-order chi connectivity index (χ0) is 15.7. The number of nitrogens with one attached hydrogen (secondary N) is 1. The minimum Gasteiger partial charge on any atom is -0.478 e. The minimum absolute atomic E-state index is 0.120. The predicted octanol–water partition coefficient (Wildman–Crippen LogP) is 3.79. The molecule has 4 nitrogen and oxygen atoms in total. The van der Waals surface area contributed by atoms with Crippen LogP contribution in [-0.4, -0.2) is 23.5 Å². The van der Waals surface area contributed by atoms with Crippen LogP contribution < -0.4 is 5.32 Å². The maximum atomic E-state index is 12.2. The van der Waals surface area contributed by atoms with Crippen LogP contribution in [0.2, 0.25) is 0 Å². The molecule has 0 saturated heterocycles. The van der Waals surface area contributed by atoms with E-state index in [9.17, 15) is 9.59 Å². The zero-order valence-electron chi connectivity index (χ0n) is 12.6. The van der Waals surface area contributed by atoms with Gasteiger partial charge >= 0.3 is 5.97 Å². The van der Waals surface area contributed by atoms with Gasteiger partial charge in [0.1, 0.15) is 0 Å². The molecule has 1 aromatic heterocycles. The smallest absolute Gasteiger partial charge is 0.328 e. The average molecular weight is 309 g/mol. The summed E-state index contributed by atoms with van der Waals surface area (Å²) in [4.78, 5) is 23.3. The summed E-state index contributed by atoms with van der Waals surface area (Å²) in [5, 5.41) is 13.4. The summed E-state index contributed by atoms with van der Waals surface area (Å²) in [5.41, 5.74) is 0.654. The molecule has 0 saturated carbocycles. The third-order valence-electron chi connectivity index (χ3n) is 3.40. The van der Waals surface area contributed by atoms with Gasteiger partial charge < -0.3 is 10.4 Å². The number of hydrogen-bond donors (Lipinski definition) is 2. The van der Waals surface area contributed by atoms with E-state index in [1.165, 1.54) is 30.3 Å². The molecule has 0 radical (unpaired) electrons. The second kappa shape index (κ2) is 9.34. The minimum atomic E-state index is -1.02. The van der Waals surface area contributed by atoms with Crippen molar-refractivity contribution in [1.29, 1.82) is 0 Å². The Bertz CT molecular complexity index is 493. The van der Waals surface area contributed by atoms with Crippen LogP contribution in [-0.2, 0) is 4.79 Å². The lowest BCUT2D eigenvalue weighted by molar-refractivity contribution is -0.131. The molecule has 0 aliphatic carbocycles. The number of carbonyl (C=O) groups excluding carboxylic acids is 1. The van der Waals surface area contributed by atoms with Crippen LogP contribution in [0, 0.1) is 5.92 Å². The molecule has 1 rings (SSSR count). The summed E-state index contributed by atoms with van der Waals surface area (Å²) in [5.74, 6) is -0.630. The molecule has 0 bridgehead atoms. The van der Waals surface area contributed by atoms with Crippen molar-refractivity contribution >= 4 is 29.3 Å². The molecule has 1 atom stereocenters. The largest absolute Gasteiger partial charge is 0.478 e. The molecule has 0 aliphatic rings. The SMILES string of the molecule is CCCCC(CC)CNC(=O)c1sccc1/C=C/C(=O)O. The Kier molecular flexibility index (Phi) is 7.75. The van der Waals surface area contributed by atoms with Crippen molar-refractivity contribution in [1.82, 2.24) is 5.32 Å². The van der Waals surface area contributed by atoms with Gasteiger partial charge in [-0.2, -0.15) is 0 Å². The fraction of sp³-hybridized carbons (Fsp3) is 0.500. The van der Waals surface area contributed by atoms with Gasteiger partial charge in [0.15, 0.2) is 0 Å². The van der Waals surface area contributed by atoms with E-state index in [2.05, 4.69) is 19.2 Å². The van der Waals surface area contributed by atoms with E-state index in [0.717, 1.165) is 18.9 Å². The molecule has 1 heterocycles. The Morgan fingerprint density at radius 3 is 2.81 bits per heavy atom. The predicted molar refractivity (Wildman–Crippen MR) is 86.6 cm³/mol. The van der Waals surface area contributed by atoms with E-state index < -0.39 is 5.97 Å². The number of carbonyl (C=O) groups is 2. The number of rotatable bonds is 9. The van der Waals surface area contributed by atoms with E-state index in [0.29, 0.717) is 22.9 Å². The summed E-state index contributed by atoms with van der Waals surface area (Å²) in [6.45, 7) is 4.98. The van der Waals surface area contributed by atoms with Crippen LogP contribution in [0.3, 0.4) is 0 Å². The molecule has 116 valence electrons. The first-order valence-corrected chi connectivity index (χ1v) is 8.23. The monoisotopic (exact) mass is 309 g/mol. The maximum absolute atomic E-state index is 12.2. The van der Waals surface area contributed by atoms with Crippen molar-refractivity contribution in [3.05, 3.63) is 28.0 Å². The van der Waals surface area contributed by atoms with Gasteiger partial charge in [-0.3, -0.25) is 4.79 Å². The molecule has 1 aromatic rings. The molecule has 0 aromatic carbocycles. The van der Waals surface area contributed by atoms with E-state index in [4.69, 9.17) is 5.11 Å². The van der Waals surface area contributed by atoms with Crippen LogP contribution in [0.25, 0.3) is 6.08 Å². The number of carboxylic acid groups (broad SMARTS) is 1. The van der Waals surface area contributed by atoms with Crippen LogP contribution in [0.4, 0.5) is 0 Å². The highest BCUT2D eigenvalue weighted by atomic mass is 32.1. The molecule has 0 aliphatic heterocycles. The van der Waals surface area contributed by atoms with Crippen molar-refractivity contribution in [3.63, 3.8) is 0 Å². The fourth-order valence-electron chi connectivity index (χ4n) is 2.06. The summed E-state index contributed by atoms with van der Waals surface area (Å²) in [6, 6.07) is 1.76. The quantitative estimate of drug-likeness (QED) is 0.682. The Morgan fingerprint density at radius 1 is 1.43 bits per heavy atom. The first-order valence-electron chi connectivity index (χ1n) is 7.35. The lowest BCUT2D eigenvalue weighted by Gasteiger charge is -2.15. The Labute approximate surface area is 129 Å². The highest BCUT2D eigenvalue weighted by molar-refractivity contribution is 7.12. The summed E-state index contributed by atoms with van der Waals surface area (Å²) >= 11 is 1.33. The average Bonchev–Trinajstić information content (AvgIpc) is 2.93. The lowest BCUT2D eigenvalue weighted by Crippen LogP contribution is -2.29. The van der Waals surface area contributed by atoms with Crippen molar-refractivity contribution in [2.24, 2.45) is 5.92 Å². The molecule has 21 heavy (non-hydrogen) atoms. The van der Waals surface area contributed by atoms with Crippen molar-refractivity contribution in [2.75, 3.05) is 6.54 Å². The topological polar surface area (TPSA) is 66.4 Å². The summed E-state index contributed by atoms with van der Waals surface area (Å²) in [7, 11) is 0. The molecule has 1 unspecified atom stereocenters. The molecule has 1 amide bonds. The zero-order valence-corrected chi connectivity index (χ0v) is 13.4. The standard InChI is InChI=1S/C16H23NO3S/c1-3-5-6-12(4-2)11-17-16(20)15-13(9-10-21-15)7-8-14(18)19/h7-10,12H,3-6,11H2,1-2H3,(H,17,20)(H,18,19)/b8-7+. The van der Waals surface area contributed by atoms with E-state index in [-0.39, 0.29) is 5.91 Å². The van der Waals surface area contributed by atoms with Gasteiger partial charge in [-0.15, -0.1) is 11.3 Å². The van der Waals surface area contributed by atoms with Crippen molar-refractivity contribution in [2.45, 2.75) is 39.5 Å². The summed E-state index contributed by atoms with van der Waals surface area (Å²) < 4.78 is 0. The fourth-order valence-corrected chi connectivity index (χ4v) is 2.86. The van der Waals surface area contributed by atoms with Gasteiger partial charge in [0.2, 0.25) is 0 Å². The van der Waals surface area contributed by atoms with Crippen LogP contribution in [0.5, 0.6) is 0 Å². The normalized spacial score (nSPS) is 12.5. The number of unbranched alkanes of at least 4 members (excludes halogenated alkanes) is 1. The molecule has 0 fully saturated rings. The number of hydrogen-bond acceptors (Lipinski definition) is 3. The van der Waals surface area contributed by atoms with Gasteiger partial charge in [-0.25, -0.2) is 4.79 Å². The van der Waals surface area contributed by atoms with Gasteiger partial charge in [-0.05, 0) is 35.4 Å². The molecular weight excluding hydrogens is 286 g/mol. The number of aliphatic carboxylic acids is 1. The first-order chi connectivity index (χ1) is 10.1. The number of amides is 1.